The van der Waals surface area contributed by atoms with Crippen LogP contribution in [0, 0.1) is 10.1 Å². The van der Waals surface area contributed by atoms with Gasteiger partial charge in [-0.15, -0.1) is 23.7 Å². The maximum Gasteiger partial charge on any atom is 0.270 e. The monoisotopic (exact) mass is 329 g/mol. The fourth-order valence-electron chi connectivity index (χ4n) is 1.65. The van der Waals surface area contributed by atoms with Crippen LogP contribution in [0.2, 0.25) is 0 Å². The molecular weight excluding hydrogens is 314 g/mol. The highest BCUT2D eigenvalue weighted by Gasteiger charge is 2.16. The van der Waals surface area contributed by atoms with Gasteiger partial charge in [-0.25, -0.2) is 0 Å². The van der Waals surface area contributed by atoms with Crippen LogP contribution in [-0.2, 0) is 0 Å². The molecule has 0 radical (unpaired) electrons. The zero-order valence-electron chi connectivity index (χ0n) is 11.6. The molecule has 6 nitrogen and oxygen atoms in total. The lowest BCUT2D eigenvalue weighted by Crippen LogP contribution is -2.44. The minimum Gasteiger partial charge on any atom is -0.350 e. The predicted molar refractivity (Wildman–Crippen MR) is 86.3 cm³/mol. The minimum absolute atomic E-state index is 0. The van der Waals surface area contributed by atoms with Crippen molar-refractivity contribution in [3.63, 3.8) is 0 Å². The summed E-state index contributed by atoms with van der Waals surface area (Å²) < 4.78 is 0.841. The second kappa shape index (κ2) is 6.38. The van der Waals surface area contributed by atoms with Gasteiger partial charge in [0, 0.05) is 34.3 Å². The highest BCUT2D eigenvalue weighted by atomic mass is 35.5. The van der Waals surface area contributed by atoms with Crippen molar-refractivity contribution in [1.29, 1.82) is 0 Å². The molecule has 0 aliphatic carbocycles. The Morgan fingerprint density at radius 3 is 2.67 bits per heavy atom. The van der Waals surface area contributed by atoms with Gasteiger partial charge in [-0.2, -0.15) is 0 Å². The third kappa shape index (κ3) is 4.38. The lowest BCUT2D eigenvalue weighted by molar-refractivity contribution is -0.384. The Hall–Kier alpha value is -1.70. The first-order chi connectivity index (χ1) is 9.26. The number of hydrogen-bond acceptors (Lipinski definition) is 5. The van der Waals surface area contributed by atoms with Gasteiger partial charge in [0.25, 0.3) is 11.6 Å². The predicted octanol–water partition coefficient (Wildman–Crippen LogP) is 2.70. The van der Waals surface area contributed by atoms with E-state index in [-0.39, 0.29) is 24.0 Å². The van der Waals surface area contributed by atoms with Crippen LogP contribution in [0.1, 0.15) is 23.5 Å². The number of rotatable bonds is 4. The first-order valence-electron chi connectivity index (χ1n) is 6.01. The van der Waals surface area contributed by atoms with Gasteiger partial charge in [0.1, 0.15) is 0 Å². The summed E-state index contributed by atoms with van der Waals surface area (Å²) in [5.41, 5.74) is 5.34. The molecule has 1 amide bonds. The molecule has 3 N–H and O–H groups in total. The molecule has 0 fully saturated rings. The van der Waals surface area contributed by atoms with E-state index < -0.39 is 10.5 Å². The van der Waals surface area contributed by atoms with Gasteiger partial charge in [-0.3, -0.25) is 14.9 Å². The maximum atomic E-state index is 12.0. The molecule has 0 atom stereocenters. The van der Waals surface area contributed by atoms with Crippen LogP contribution in [0.4, 0.5) is 5.69 Å². The largest absolute Gasteiger partial charge is 0.350 e. The van der Waals surface area contributed by atoms with Crippen LogP contribution < -0.4 is 11.1 Å². The Balaban J connectivity index is 0.00000220. The van der Waals surface area contributed by atoms with Gasteiger partial charge < -0.3 is 11.1 Å². The molecule has 0 unspecified atom stereocenters. The van der Waals surface area contributed by atoms with Crippen LogP contribution in [0.3, 0.4) is 0 Å². The number of carbonyl (C=O) groups is 1. The van der Waals surface area contributed by atoms with Crippen LogP contribution in [-0.4, -0.2) is 22.9 Å². The fraction of sp³-hybridized carbons (Fsp3) is 0.308. The summed E-state index contributed by atoms with van der Waals surface area (Å²) in [6.07, 6.45) is 0. The summed E-state index contributed by atoms with van der Waals surface area (Å²) in [7, 11) is 0. The van der Waals surface area contributed by atoms with E-state index in [0.717, 1.165) is 4.70 Å². The summed E-state index contributed by atoms with van der Waals surface area (Å²) in [5, 5.41) is 14.2. The molecule has 0 aliphatic heterocycles. The van der Waals surface area contributed by atoms with E-state index in [1.807, 2.05) is 13.8 Å². The van der Waals surface area contributed by atoms with E-state index in [9.17, 15) is 14.9 Å². The third-order valence-corrected chi connectivity index (χ3v) is 3.75. The number of halogens is 1. The second-order valence-corrected chi connectivity index (χ2v) is 6.34. The quantitative estimate of drug-likeness (QED) is 0.665. The highest BCUT2D eigenvalue weighted by molar-refractivity contribution is 7.20. The number of thiophene rings is 1. The lowest BCUT2D eigenvalue weighted by Gasteiger charge is -2.18. The lowest BCUT2D eigenvalue weighted by atomic mass is 10.1. The smallest absolute Gasteiger partial charge is 0.270 e. The average Bonchev–Trinajstić information content (AvgIpc) is 2.77. The Kier molecular flexibility index (Phi) is 5.27. The number of nitrogens with one attached hydrogen (secondary N) is 1. The van der Waals surface area contributed by atoms with E-state index in [0.29, 0.717) is 16.8 Å². The van der Waals surface area contributed by atoms with Gasteiger partial charge in [0.05, 0.1) is 9.80 Å². The molecule has 21 heavy (non-hydrogen) atoms. The summed E-state index contributed by atoms with van der Waals surface area (Å²) in [5.74, 6) is -0.215. The maximum absolute atomic E-state index is 12.0. The van der Waals surface area contributed by atoms with Crippen LogP contribution >= 0.6 is 23.7 Å². The van der Waals surface area contributed by atoms with Gasteiger partial charge in [-0.1, -0.05) is 0 Å². The number of nitro benzene ring substituents is 1. The topological polar surface area (TPSA) is 98.3 Å². The molecular formula is C13H16ClN3O3S. The summed E-state index contributed by atoms with van der Waals surface area (Å²) in [4.78, 5) is 22.8. The van der Waals surface area contributed by atoms with Crippen molar-refractivity contribution in [1.82, 2.24) is 5.32 Å². The molecule has 1 heterocycles. The van der Waals surface area contributed by atoms with Crippen molar-refractivity contribution in [3.8, 4) is 0 Å². The van der Waals surface area contributed by atoms with Gasteiger partial charge in [-0.05, 0) is 26.0 Å². The van der Waals surface area contributed by atoms with Crippen LogP contribution in [0.15, 0.2) is 24.3 Å². The number of benzene rings is 1. The number of carbonyl (C=O) groups excluding carboxylic acids is 1. The zero-order chi connectivity index (χ0) is 14.9. The van der Waals surface area contributed by atoms with Crippen LogP contribution in [0.5, 0.6) is 0 Å². The SMILES string of the molecule is CC(C)(N)CNC(=O)c1cc2cc([N+](=O)[O-])ccc2s1.Cl. The standard InChI is InChI=1S/C13H15N3O3S.ClH/c1-13(2,14)7-15-12(17)11-6-8-5-9(16(18)19)3-4-10(8)20-11;/h3-6H,7,14H2,1-2H3,(H,15,17);1H. The number of amides is 1. The fourth-order valence-corrected chi connectivity index (χ4v) is 2.61. The zero-order valence-corrected chi connectivity index (χ0v) is 13.2. The third-order valence-electron chi connectivity index (χ3n) is 2.64. The number of nitro groups is 1. The summed E-state index contributed by atoms with van der Waals surface area (Å²) in [6.45, 7) is 4.00. The van der Waals surface area contributed by atoms with E-state index in [4.69, 9.17) is 5.73 Å². The molecule has 1 aromatic carbocycles. The summed E-state index contributed by atoms with van der Waals surface area (Å²) in [6, 6.07) is 6.21. The Morgan fingerprint density at radius 1 is 1.43 bits per heavy atom. The Labute approximate surface area is 131 Å². The first-order valence-corrected chi connectivity index (χ1v) is 6.83. The molecule has 0 saturated heterocycles. The van der Waals surface area contributed by atoms with Crippen molar-refractivity contribution < 1.29 is 9.72 Å². The van der Waals surface area contributed by atoms with E-state index >= 15 is 0 Å². The molecule has 1 aromatic heterocycles. The number of nitrogens with zero attached hydrogens (tertiary/aromatic N) is 1. The van der Waals surface area contributed by atoms with Crippen molar-refractivity contribution in [2.24, 2.45) is 5.73 Å². The van der Waals surface area contributed by atoms with E-state index in [2.05, 4.69) is 5.32 Å². The van der Waals surface area contributed by atoms with E-state index in [1.165, 1.54) is 23.5 Å². The van der Waals surface area contributed by atoms with Crippen LogP contribution in [0.25, 0.3) is 10.1 Å². The molecule has 8 heteroatoms. The molecule has 114 valence electrons. The molecule has 0 spiro atoms. The van der Waals surface area contributed by atoms with Crippen molar-refractivity contribution in [2.75, 3.05) is 6.54 Å². The van der Waals surface area contributed by atoms with Crippen molar-refractivity contribution in [3.05, 3.63) is 39.3 Å². The normalized spacial score (nSPS) is 11.0. The van der Waals surface area contributed by atoms with Crippen molar-refractivity contribution in [2.45, 2.75) is 19.4 Å². The molecule has 0 aliphatic rings. The first kappa shape index (κ1) is 17.4. The average molecular weight is 330 g/mol. The van der Waals surface area contributed by atoms with E-state index in [1.54, 1.807) is 12.1 Å². The molecule has 2 rings (SSSR count). The summed E-state index contributed by atoms with van der Waals surface area (Å²) >= 11 is 1.30. The molecule has 0 bridgehead atoms. The molecule has 0 saturated carbocycles. The Bertz CT molecular complexity index is 679. The minimum atomic E-state index is -0.481. The van der Waals surface area contributed by atoms with Gasteiger partial charge in [0.15, 0.2) is 0 Å². The number of non-ortho nitro benzene ring substituents is 1. The van der Waals surface area contributed by atoms with Gasteiger partial charge in [0.2, 0.25) is 0 Å². The number of fused-ring (bicyclic) bond motifs is 1. The number of hydrogen-bond donors (Lipinski definition) is 2. The molecule has 2 aromatic rings. The van der Waals surface area contributed by atoms with Gasteiger partial charge >= 0.3 is 0 Å². The highest BCUT2D eigenvalue weighted by Crippen LogP contribution is 2.28. The Morgan fingerprint density at radius 2 is 2.10 bits per heavy atom. The second-order valence-electron chi connectivity index (χ2n) is 5.26. The number of nitrogens with two attached hydrogens (primary N) is 1. The van der Waals surface area contributed by atoms with Crippen molar-refractivity contribution >= 4 is 45.4 Å².